The smallest absolute Gasteiger partial charge is 0.416 e. The van der Waals surface area contributed by atoms with Crippen LogP contribution in [0.1, 0.15) is 11.1 Å². The molecule has 0 aliphatic rings. The molecule has 0 radical (unpaired) electrons. The van der Waals surface area contributed by atoms with Gasteiger partial charge in [0, 0.05) is 12.1 Å². The Kier molecular flexibility index (Phi) is 8.15. The number of methoxy groups -OCH3 is 2. The molecule has 0 fully saturated rings. The number of carbonyl (C=O) groups excluding carboxylic acids is 1. The lowest BCUT2D eigenvalue weighted by molar-refractivity contribution is -0.385. The van der Waals surface area contributed by atoms with Gasteiger partial charge in [0.15, 0.2) is 11.5 Å². The van der Waals surface area contributed by atoms with Crippen LogP contribution >= 0.6 is 0 Å². The molecule has 0 atom stereocenters. The van der Waals surface area contributed by atoms with E-state index in [2.05, 4.69) is 5.32 Å². The van der Waals surface area contributed by atoms with Crippen LogP contribution < -0.4 is 19.1 Å². The normalized spacial score (nSPS) is 11.5. The summed E-state index contributed by atoms with van der Waals surface area (Å²) in [5, 5.41) is 13.6. The number of rotatable bonds is 9. The van der Waals surface area contributed by atoms with Crippen LogP contribution in [0, 0.1) is 17.0 Å². The molecule has 3 rings (SSSR count). The Morgan fingerprint density at radius 2 is 1.68 bits per heavy atom. The second-order valence-electron chi connectivity index (χ2n) is 7.83. The van der Waals surface area contributed by atoms with E-state index >= 15 is 0 Å². The molecule has 0 bridgehead atoms. The summed E-state index contributed by atoms with van der Waals surface area (Å²) in [6.07, 6.45) is -4.78. The van der Waals surface area contributed by atoms with Crippen LogP contribution in [-0.4, -0.2) is 40.0 Å². The molecule has 1 amide bonds. The van der Waals surface area contributed by atoms with Crippen molar-refractivity contribution in [3.63, 3.8) is 0 Å². The first kappa shape index (κ1) is 28.2. The minimum atomic E-state index is -4.78. The maximum absolute atomic E-state index is 13.6. The van der Waals surface area contributed by atoms with Crippen molar-refractivity contribution in [1.82, 2.24) is 0 Å². The Balaban J connectivity index is 2.08. The Morgan fingerprint density at radius 1 is 1.03 bits per heavy atom. The van der Waals surface area contributed by atoms with E-state index in [0.29, 0.717) is 10.4 Å². The fourth-order valence-electron chi connectivity index (χ4n) is 3.53. The van der Waals surface area contributed by atoms with E-state index in [4.69, 9.17) is 9.47 Å². The van der Waals surface area contributed by atoms with Crippen molar-refractivity contribution < 1.29 is 40.8 Å². The van der Waals surface area contributed by atoms with Crippen molar-refractivity contribution in [3.8, 4) is 11.5 Å². The molecule has 0 aromatic heterocycles. The van der Waals surface area contributed by atoms with Crippen LogP contribution in [-0.2, 0) is 21.0 Å². The highest BCUT2D eigenvalue weighted by Gasteiger charge is 2.34. The van der Waals surface area contributed by atoms with E-state index in [0.717, 1.165) is 30.3 Å². The van der Waals surface area contributed by atoms with E-state index in [-0.39, 0.29) is 33.3 Å². The number of carbonyl (C=O) groups is 1. The van der Waals surface area contributed by atoms with Crippen LogP contribution in [0.4, 0.5) is 30.2 Å². The predicted octanol–water partition coefficient (Wildman–Crippen LogP) is 4.77. The van der Waals surface area contributed by atoms with Crippen LogP contribution in [0.15, 0.2) is 65.6 Å². The summed E-state index contributed by atoms with van der Waals surface area (Å²) < 4.78 is 78.2. The highest BCUT2D eigenvalue weighted by molar-refractivity contribution is 7.92. The minimum absolute atomic E-state index is 0.0363. The van der Waals surface area contributed by atoms with Gasteiger partial charge in [-0.1, -0.05) is 12.1 Å². The first-order valence-electron chi connectivity index (χ1n) is 10.8. The van der Waals surface area contributed by atoms with Gasteiger partial charge in [0.2, 0.25) is 5.91 Å². The number of nitro groups is 1. The number of benzene rings is 3. The topological polar surface area (TPSA) is 128 Å². The van der Waals surface area contributed by atoms with Gasteiger partial charge in [-0.25, -0.2) is 8.42 Å². The molecule has 202 valence electrons. The molecule has 0 saturated heterocycles. The molecule has 1 N–H and O–H groups in total. The summed E-state index contributed by atoms with van der Waals surface area (Å²) >= 11 is 0. The van der Waals surface area contributed by atoms with Gasteiger partial charge in [-0.15, -0.1) is 0 Å². The lowest BCUT2D eigenvalue weighted by Gasteiger charge is -2.25. The SMILES string of the molecule is COc1ccc(S(=O)(=O)N(CC(=O)Nc2cccc([N+](=O)[O-])c2C)c2cccc(C(F)(F)F)c2)cc1OC. The van der Waals surface area contributed by atoms with Crippen molar-refractivity contribution in [2.75, 3.05) is 30.4 Å². The Morgan fingerprint density at radius 3 is 2.29 bits per heavy atom. The fraction of sp³-hybridized carbons (Fsp3) is 0.208. The van der Waals surface area contributed by atoms with Gasteiger partial charge in [-0.3, -0.25) is 19.2 Å². The molecule has 0 spiro atoms. The number of anilines is 2. The summed E-state index contributed by atoms with van der Waals surface area (Å²) in [6, 6.07) is 11.0. The van der Waals surface area contributed by atoms with E-state index < -0.39 is 44.8 Å². The molecule has 0 aliphatic carbocycles. The minimum Gasteiger partial charge on any atom is -0.493 e. The molecule has 38 heavy (non-hydrogen) atoms. The lowest BCUT2D eigenvalue weighted by atomic mass is 10.1. The van der Waals surface area contributed by atoms with Crippen molar-refractivity contribution in [1.29, 1.82) is 0 Å². The Labute approximate surface area is 215 Å². The molecular weight excluding hydrogens is 531 g/mol. The average Bonchev–Trinajstić information content (AvgIpc) is 2.87. The zero-order chi connectivity index (χ0) is 28.3. The molecule has 0 aliphatic heterocycles. The highest BCUT2D eigenvalue weighted by atomic mass is 32.2. The summed E-state index contributed by atoms with van der Waals surface area (Å²) in [5.74, 6) is -0.708. The number of sulfonamides is 1. The third kappa shape index (κ3) is 5.96. The molecule has 10 nitrogen and oxygen atoms in total. The number of nitrogens with one attached hydrogen (secondary N) is 1. The molecule has 3 aromatic rings. The van der Waals surface area contributed by atoms with Crippen LogP contribution in [0.2, 0.25) is 0 Å². The molecule has 0 saturated carbocycles. The number of hydrogen-bond acceptors (Lipinski definition) is 7. The largest absolute Gasteiger partial charge is 0.493 e. The maximum Gasteiger partial charge on any atom is 0.416 e. The number of nitro benzene ring substituents is 1. The number of ether oxygens (including phenoxy) is 2. The lowest BCUT2D eigenvalue weighted by Crippen LogP contribution is -2.38. The van der Waals surface area contributed by atoms with Gasteiger partial charge in [0.05, 0.1) is 46.5 Å². The third-order valence-electron chi connectivity index (χ3n) is 5.47. The van der Waals surface area contributed by atoms with Gasteiger partial charge < -0.3 is 14.8 Å². The number of nitrogens with zero attached hydrogens (tertiary/aromatic N) is 2. The van der Waals surface area contributed by atoms with E-state index in [1.54, 1.807) is 0 Å². The zero-order valence-corrected chi connectivity index (χ0v) is 21.1. The summed E-state index contributed by atoms with van der Waals surface area (Å²) in [4.78, 5) is 23.1. The number of amides is 1. The first-order chi connectivity index (χ1) is 17.8. The zero-order valence-electron chi connectivity index (χ0n) is 20.3. The molecular formula is C24H22F3N3O7S. The molecule has 0 unspecified atom stereocenters. The van der Waals surface area contributed by atoms with E-state index in [1.807, 2.05) is 0 Å². The predicted molar refractivity (Wildman–Crippen MR) is 132 cm³/mol. The van der Waals surface area contributed by atoms with Crippen LogP contribution in [0.3, 0.4) is 0 Å². The summed E-state index contributed by atoms with van der Waals surface area (Å²) in [6.45, 7) is 0.443. The summed E-state index contributed by atoms with van der Waals surface area (Å²) in [7, 11) is -2.03. The Bertz CT molecular complexity index is 1480. The van der Waals surface area contributed by atoms with Crippen molar-refractivity contribution in [3.05, 3.63) is 81.9 Å². The summed E-state index contributed by atoms with van der Waals surface area (Å²) in [5.41, 5.74) is -1.69. The van der Waals surface area contributed by atoms with Crippen molar-refractivity contribution in [2.45, 2.75) is 18.0 Å². The number of alkyl halides is 3. The van der Waals surface area contributed by atoms with Gasteiger partial charge in [-0.2, -0.15) is 13.2 Å². The van der Waals surface area contributed by atoms with E-state index in [9.17, 15) is 36.5 Å². The van der Waals surface area contributed by atoms with Crippen LogP contribution in [0.5, 0.6) is 11.5 Å². The number of halogens is 3. The highest BCUT2D eigenvalue weighted by Crippen LogP contribution is 2.35. The van der Waals surface area contributed by atoms with Gasteiger partial charge in [0.25, 0.3) is 15.7 Å². The van der Waals surface area contributed by atoms with Gasteiger partial charge in [0.1, 0.15) is 6.54 Å². The standard InChI is InChI=1S/C24H22F3N3O7S/c1-15-19(8-5-9-20(15)30(32)33)28-23(31)14-29(17-7-4-6-16(12-17)24(25,26)27)38(34,35)18-10-11-21(36-2)22(13-18)37-3/h4-13H,14H2,1-3H3,(H,28,31). The third-order valence-corrected chi connectivity index (χ3v) is 7.24. The molecule has 0 heterocycles. The van der Waals surface area contributed by atoms with Crippen molar-refractivity contribution in [2.24, 2.45) is 0 Å². The second kappa shape index (κ2) is 11.0. The molecule has 3 aromatic carbocycles. The van der Waals surface area contributed by atoms with Gasteiger partial charge in [-0.05, 0) is 43.3 Å². The van der Waals surface area contributed by atoms with Crippen molar-refractivity contribution >= 4 is 33.0 Å². The monoisotopic (exact) mass is 553 g/mol. The maximum atomic E-state index is 13.6. The second-order valence-corrected chi connectivity index (χ2v) is 9.69. The van der Waals surface area contributed by atoms with Crippen LogP contribution in [0.25, 0.3) is 0 Å². The first-order valence-corrected chi connectivity index (χ1v) is 12.2. The van der Waals surface area contributed by atoms with E-state index in [1.165, 1.54) is 45.4 Å². The quantitative estimate of drug-likeness (QED) is 0.299. The average molecular weight is 554 g/mol. The number of hydrogen-bond donors (Lipinski definition) is 1. The fourth-order valence-corrected chi connectivity index (χ4v) is 4.96. The van der Waals surface area contributed by atoms with Gasteiger partial charge >= 0.3 is 6.18 Å². The Hall–Kier alpha value is -4.33. The molecule has 14 heteroatoms.